The van der Waals surface area contributed by atoms with Gasteiger partial charge in [0.25, 0.3) is 0 Å². The van der Waals surface area contributed by atoms with Crippen LogP contribution in [0.15, 0.2) is 29.3 Å². The van der Waals surface area contributed by atoms with E-state index in [1.54, 1.807) is 18.3 Å². The summed E-state index contributed by atoms with van der Waals surface area (Å²) in [5, 5.41) is 9.42. The molecule has 0 fully saturated rings. The number of hydrogen-bond acceptors (Lipinski definition) is 3. The molecular weight excluding hydrogens is 216 g/mol. The van der Waals surface area contributed by atoms with Crippen molar-refractivity contribution in [2.24, 2.45) is 4.99 Å². The Morgan fingerprint density at radius 2 is 2.00 bits per heavy atom. The summed E-state index contributed by atoms with van der Waals surface area (Å²) in [4.78, 5) is 6.29. The molecule has 1 aromatic carbocycles. The summed E-state index contributed by atoms with van der Waals surface area (Å²) in [7, 11) is 4.02. The Hall–Kier alpha value is -0.0903. The molecule has 0 radical (unpaired) electrons. The monoisotopic (exact) mass is 234 g/mol. The van der Waals surface area contributed by atoms with Gasteiger partial charge in [-0.2, -0.15) is 0 Å². The van der Waals surface area contributed by atoms with Crippen molar-refractivity contribution in [2.45, 2.75) is 0 Å². The summed E-state index contributed by atoms with van der Waals surface area (Å²) in [6.45, 7) is 1.67. The standard InChI is InChI=1S/C11H16N2O.Ca.2H/c1-13(2)8-7-12-9-10-5-3-4-6-11(10)14;;;/h3-6,9,14H,7-8H2,1-2H3;;;/b12-9+;;;. The molecule has 0 spiro atoms. The van der Waals surface area contributed by atoms with Crippen molar-refractivity contribution < 1.29 is 5.11 Å². The third kappa shape index (κ3) is 6.15. The molecule has 0 saturated carbocycles. The van der Waals surface area contributed by atoms with E-state index in [1.165, 1.54) is 0 Å². The summed E-state index contributed by atoms with van der Waals surface area (Å²) in [6, 6.07) is 7.18. The molecule has 0 aromatic heterocycles. The van der Waals surface area contributed by atoms with Crippen LogP contribution in [0.5, 0.6) is 5.75 Å². The zero-order valence-corrected chi connectivity index (χ0v) is 8.64. The third-order valence-electron chi connectivity index (χ3n) is 1.84. The van der Waals surface area contributed by atoms with Crippen LogP contribution in [0.1, 0.15) is 5.56 Å². The van der Waals surface area contributed by atoms with Crippen molar-refractivity contribution >= 4 is 44.0 Å². The molecule has 0 aliphatic heterocycles. The van der Waals surface area contributed by atoms with Gasteiger partial charge in [-0.25, -0.2) is 0 Å². The molecule has 15 heavy (non-hydrogen) atoms. The molecule has 0 aliphatic rings. The van der Waals surface area contributed by atoms with Gasteiger partial charge in [0.05, 0.1) is 6.54 Å². The molecule has 0 bridgehead atoms. The van der Waals surface area contributed by atoms with Gasteiger partial charge in [0.1, 0.15) is 5.75 Å². The quantitative estimate of drug-likeness (QED) is 0.607. The first kappa shape index (κ1) is 14.9. The molecule has 0 unspecified atom stereocenters. The molecule has 0 amide bonds. The number of likely N-dealkylation sites (N-methyl/N-ethyl adjacent to an activating group) is 1. The number of hydrogen-bond donors (Lipinski definition) is 1. The molecule has 1 rings (SSSR count). The van der Waals surface area contributed by atoms with Crippen LogP contribution in [0.4, 0.5) is 0 Å². The minimum atomic E-state index is 0. The van der Waals surface area contributed by atoms with Crippen molar-refractivity contribution in [3.05, 3.63) is 29.8 Å². The van der Waals surface area contributed by atoms with Crippen molar-refractivity contribution in [2.75, 3.05) is 27.2 Å². The van der Waals surface area contributed by atoms with E-state index >= 15 is 0 Å². The average Bonchev–Trinajstić information content (AvgIpc) is 2.15. The fourth-order valence-corrected chi connectivity index (χ4v) is 1.02. The Morgan fingerprint density at radius 3 is 2.60 bits per heavy atom. The summed E-state index contributed by atoms with van der Waals surface area (Å²) in [5.41, 5.74) is 0.770. The van der Waals surface area contributed by atoms with E-state index in [4.69, 9.17) is 0 Å². The fourth-order valence-electron chi connectivity index (χ4n) is 1.02. The second kappa shape index (κ2) is 8.11. The van der Waals surface area contributed by atoms with Crippen LogP contribution in [0.2, 0.25) is 0 Å². The predicted molar refractivity (Wildman–Crippen MR) is 67.7 cm³/mol. The molecule has 3 nitrogen and oxygen atoms in total. The predicted octanol–water partition coefficient (Wildman–Crippen LogP) is 0.456. The minimum absolute atomic E-state index is 0. The van der Waals surface area contributed by atoms with E-state index in [0.29, 0.717) is 0 Å². The van der Waals surface area contributed by atoms with Crippen LogP contribution >= 0.6 is 0 Å². The molecule has 0 heterocycles. The molecule has 80 valence electrons. The zero-order chi connectivity index (χ0) is 10.4. The van der Waals surface area contributed by atoms with E-state index < -0.39 is 0 Å². The number of benzene rings is 1. The van der Waals surface area contributed by atoms with Gasteiger partial charge >= 0.3 is 37.7 Å². The number of rotatable bonds is 4. The first-order valence-electron chi connectivity index (χ1n) is 4.62. The van der Waals surface area contributed by atoms with Crippen LogP contribution in [0.3, 0.4) is 0 Å². The number of aliphatic imine (C=N–C) groups is 1. The van der Waals surface area contributed by atoms with Crippen molar-refractivity contribution in [1.82, 2.24) is 4.90 Å². The van der Waals surface area contributed by atoms with Gasteiger partial charge in [-0.15, -0.1) is 0 Å². The third-order valence-corrected chi connectivity index (χ3v) is 1.84. The van der Waals surface area contributed by atoms with Gasteiger partial charge in [0, 0.05) is 18.3 Å². The first-order valence-corrected chi connectivity index (χ1v) is 4.62. The number of nitrogens with zero attached hydrogens (tertiary/aromatic N) is 2. The summed E-state index contributed by atoms with van der Waals surface area (Å²) in [6.07, 6.45) is 1.71. The average molecular weight is 234 g/mol. The van der Waals surface area contributed by atoms with Crippen molar-refractivity contribution in [3.8, 4) is 5.75 Å². The molecule has 1 N–H and O–H groups in total. The van der Waals surface area contributed by atoms with Gasteiger partial charge in [-0.3, -0.25) is 4.99 Å². The topological polar surface area (TPSA) is 35.8 Å². The second-order valence-corrected chi connectivity index (χ2v) is 3.40. The van der Waals surface area contributed by atoms with Crippen LogP contribution in [0.25, 0.3) is 0 Å². The van der Waals surface area contributed by atoms with Crippen molar-refractivity contribution in [3.63, 3.8) is 0 Å². The van der Waals surface area contributed by atoms with E-state index in [2.05, 4.69) is 9.89 Å². The number of para-hydroxylation sites is 1. The molecule has 0 saturated heterocycles. The van der Waals surface area contributed by atoms with Gasteiger partial charge in [0.2, 0.25) is 0 Å². The summed E-state index contributed by atoms with van der Waals surface area (Å²) in [5.74, 6) is 0.279. The van der Waals surface area contributed by atoms with E-state index in [9.17, 15) is 5.11 Å². The molecule has 0 aliphatic carbocycles. The molecular formula is C11H18CaN2O. The fraction of sp³-hybridized carbons (Fsp3) is 0.364. The van der Waals surface area contributed by atoms with Crippen LogP contribution in [-0.4, -0.2) is 81.1 Å². The number of aromatic hydroxyl groups is 1. The Morgan fingerprint density at radius 1 is 1.33 bits per heavy atom. The van der Waals surface area contributed by atoms with E-state index in [0.717, 1.165) is 18.7 Å². The van der Waals surface area contributed by atoms with E-state index in [1.807, 2.05) is 26.2 Å². The Bertz CT molecular complexity index is 313. The van der Waals surface area contributed by atoms with Gasteiger partial charge < -0.3 is 10.0 Å². The SMILES string of the molecule is CN(C)CC/N=C/c1ccccc1O.[CaH2]. The summed E-state index contributed by atoms with van der Waals surface area (Å²) < 4.78 is 0. The second-order valence-electron chi connectivity index (χ2n) is 3.40. The Kier molecular flexibility index (Phi) is 8.06. The summed E-state index contributed by atoms with van der Waals surface area (Å²) >= 11 is 0. The van der Waals surface area contributed by atoms with Crippen LogP contribution < -0.4 is 0 Å². The first-order chi connectivity index (χ1) is 6.70. The molecule has 4 heteroatoms. The van der Waals surface area contributed by atoms with Crippen LogP contribution in [-0.2, 0) is 0 Å². The van der Waals surface area contributed by atoms with Crippen molar-refractivity contribution in [1.29, 1.82) is 0 Å². The van der Waals surface area contributed by atoms with E-state index in [-0.39, 0.29) is 43.5 Å². The van der Waals surface area contributed by atoms with Gasteiger partial charge in [-0.05, 0) is 26.2 Å². The Labute approximate surface area is 121 Å². The number of phenolic OH excluding ortho intramolecular Hbond substituents is 1. The normalized spacial score (nSPS) is 10.6. The zero-order valence-electron chi connectivity index (χ0n) is 8.64. The Balaban J connectivity index is 0.00000196. The van der Waals surface area contributed by atoms with Gasteiger partial charge in [-0.1, -0.05) is 12.1 Å². The maximum absolute atomic E-state index is 9.42. The van der Waals surface area contributed by atoms with Crippen LogP contribution in [0, 0.1) is 0 Å². The van der Waals surface area contributed by atoms with Gasteiger partial charge in [0.15, 0.2) is 0 Å². The molecule has 0 atom stereocenters. The molecule has 1 aromatic rings. The number of phenols is 1. The maximum atomic E-state index is 9.42.